The van der Waals surface area contributed by atoms with E-state index in [9.17, 15) is 5.11 Å². The van der Waals surface area contributed by atoms with Crippen molar-refractivity contribution in [2.24, 2.45) is 0 Å². The maximum absolute atomic E-state index is 9.44. The third-order valence-electron chi connectivity index (χ3n) is 4.29. The number of aromatic hydroxyl groups is 1. The fourth-order valence-corrected chi connectivity index (χ4v) is 4.68. The predicted octanol–water partition coefficient (Wildman–Crippen LogP) is 5.96. The second-order valence-electron chi connectivity index (χ2n) is 7.27. The van der Waals surface area contributed by atoms with Crippen LogP contribution in [0.5, 0.6) is 11.5 Å². The molecule has 0 aromatic heterocycles. The zero-order valence-electron chi connectivity index (χ0n) is 15.0. The molecule has 0 unspecified atom stereocenters. The minimum Gasteiger partial charge on any atom is -0.508 e. The lowest BCUT2D eigenvalue weighted by molar-refractivity contribution is 0.325. The molecule has 2 rings (SSSR count). The minimum absolute atomic E-state index is 0.220. The van der Waals surface area contributed by atoms with Gasteiger partial charge in [-0.15, -0.1) is 0 Å². The van der Waals surface area contributed by atoms with Crippen LogP contribution in [-0.2, 0) is 4.43 Å². The monoisotopic (exact) mass is 382 g/mol. The molecular formula is C18H26O3S2Si. The highest BCUT2D eigenvalue weighted by Crippen LogP contribution is 2.42. The first-order chi connectivity index (χ1) is 11.2. The molecule has 0 spiro atoms. The fraction of sp³-hybridized carbons (Fsp3) is 0.444. The van der Waals surface area contributed by atoms with E-state index in [0.29, 0.717) is 19.0 Å². The summed E-state index contributed by atoms with van der Waals surface area (Å²) < 4.78 is 12.0. The Bertz CT molecular complexity index is 633. The number of allylic oxidation sites excluding steroid dienone is 2. The van der Waals surface area contributed by atoms with Crippen LogP contribution in [0.2, 0.25) is 18.1 Å². The van der Waals surface area contributed by atoms with E-state index in [-0.39, 0.29) is 10.8 Å². The first kappa shape index (κ1) is 19.5. The van der Waals surface area contributed by atoms with Crippen LogP contribution in [0.3, 0.4) is 0 Å². The van der Waals surface area contributed by atoms with Crippen LogP contribution in [0.25, 0.3) is 0 Å². The van der Waals surface area contributed by atoms with Crippen molar-refractivity contribution in [2.75, 3.05) is 13.2 Å². The molecule has 0 bridgehead atoms. The zero-order valence-corrected chi connectivity index (χ0v) is 17.6. The molecule has 1 N–H and O–H groups in total. The van der Waals surface area contributed by atoms with Crippen molar-refractivity contribution in [2.45, 2.75) is 38.9 Å². The highest BCUT2D eigenvalue weighted by atomic mass is 33.1. The highest BCUT2D eigenvalue weighted by Gasteiger charge is 2.37. The second-order valence-corrected chi connectivity index (χ2v) is 14.5. The molecule has 0 saturated carbocycles. The van der Waals surface area contributed by atoms with Crippen molar-refractivity contribution < 1.29 is 14.3 Å². The summed E-state index contributed by atoms with van der Waals surface area (Å²) in [7, 11) is 1.75. The van der Waals surface area contributed by atoms with Crippen molar-refractivity contribution in [3.63, 3.8) is 0 Å². The molecule has 0 amide bonds. The van der Waals surface area contributed by atoms with Gasteiger partial charge < -0.3 is 14.3 Å². The molecule has 24 heavy (non-hydrogen) atoms. The van der Waals surface area contributed by atoms with E-state index >= 15 is 0 Å². The van der Waals surface area contributed by atoms with Crippen LogP contribution < -0.4 is 4.74 Å². The van der Waals surface area contributed by atoms with Gasteiger partial charge in [-0.25, -0.2) is 0 Å². The van der Waals surface area contributed by atoms with Gasteiger partial charge in [-0.05, 0) is 42.4 Å². The zero-order chi connectivity index (χ0) is 17.8. The van der Waals surface area contributed by atoms with Gasteiger partial charge in [0.15, 0.2) is 8.32 Å². The van der Waals surface area contributed by atoms with E-state index < -0.39 is 8.32 Å². The van der Waals surface area contributed by atoms with Crippen LogP contribution >= 0.6 is 21.6 Å². The standard InChI is InChI=1S/C18H26O3S2Si/c1-18(2,3)24(4,5)21-13-17-10-9-16(22-23-17)12-20-15-8-6-7-14(19)11-15/h6-11,19H,12-13H2,1-5H3. The maximum Gasteiger partial charge on any atom is 0.192 e. The molecule has 3 nitrogen and oxygen atoms in total. The van der Waals surface area contributed by atoms with E-state index in [2.05, 4.69) is 46.0 Å². The molecule has 0 fully saturated rings. The van der Waals surface area contributed by atoms with Crippen LogP contribution in [0.4, 0.5) is 0 Å². The second kappa shape index (κ2) is 8.04. The third kappa shape index (κ3) is 5.62. The average Bonchev–Trinajstić information content (AvgIpc) is 2.51. The lowest BCUT2D eigenvalue weighted by Gasteiger charge is -2.36. The lowest BCUT2D eigenvalue weighted by atomic mass is 10.2. The number of phenols is 1. The van der Waals surface area contributed by atoms with Gasteiger partial charge in [0.25, 0.3) is 0 Å². The largest absolute Gasteiger partial charge is 0.508 e. The first-order valence-corrected chi connectivity index (χ1v) is 13.0. The Morgan fingerprint density at radius 2 is 1.67 bits per heavy atom. The Morgan fingerprint density at radius 1 is 1.04 bits per heavy atom. The molecular weight excluding hydrogens is 356 g/mol. The molecule has 1 aromatic rings. The van der Waals surface area contributed by atoms with Crippen molar-refractivity contribution in [3.8, 4) is 11.5 Å². The normalized spacial score (nSPS) is 15.7. The number of rotatable bonds is 6. The maximum atomic E-state index is 9.44. The van der Waals surface area contributed by atoms with Crippen molar-refractivity contribution in [1.82, 2.24) is 0 Å². The van der Waals surface area contributed by atoms with Gasteiger partial charge in [0, 0.05) is 15.9 Å². The molecule has 0 aliphatic carbocycles. The van der Waals surface area contributed by atoms with Gasteiger partial charge in [0.05, 0.1) is 6.61 Å². The van der Waals surface area contributed by atoms with E-state index in [1.54, 1.807) is 39.8 Å². The summed E-state index contributed by atoms with van der Waals surface area (Å²) in [6, 6.07) is 6.87. The van der Waals surface area contributed by atoms with E-state index in [0.717, 1.165) is 4.91 Å². The van der Waals surface area contributed by atoms with Crippen LogP contribution in [0, 0.1) is 0 Å². The summed E-state index contributed by atoms with van der Waals surface area (Å²) in [6.07, 6.45) is 4.21. The average molecular weight is 383 g/mol. The van der Waals surface area contributed by atoms with Gasteiger partial charge in [-0.3, -0.25) is 0 Å². The van der Waals surface area contributed by atoms with Crippen molar-refractivity contribution in [1.29, 1.82) is 0 Å². The Morgan fingerprint density at radius 3 is 2.21 bits per heavy atom. The Kier molecular flexibility index (Phi) is 6.53. The van der Waals surface area contributed by atoms with E-state index in [1.165, 1.54) is 4.91 Å². The fourth-order valence-electron chi connectivity index (χ4n) is 1.69. The summed E-state index contributed by atoms with van der Waals surface area (Å²) in [6.45, 7) is 12.5. The van der Waals surface area contributed by atoms with Crippen LogP contribution in [0.15, 0.2) is 46.2 Å². The van der Waals surface area contributed by atoms with Crippen LogP contribution in [-0.4, -0.2) is 26.6 Å². The van der Waals surface area contributed by atoms with Crippen molar-refractivity contribution in [3.05, 3.63) is 46.2 Å². The predicted molar refractivity (Wildman–Crippen MR) is 108 cm³/mol. The van der Waals surface area contributed by atoms with Gasteiger partial charge in [-0.1, -0.05) is 48.4 Å². The quantitative estimate of drug-likeness (QED) is 0.486. The molecule has 132 valence electrons. The molecule has 6 heteroatoms. The molecule has 1 heterocycles. The Hall–Kier alpha value is -0.823. The highest BCUT2D eigenvalue weighted by molar-refractivity contribution is 8.79. The SMILES string of the molecule is CC(C)(C)[Si](C)(C)OCC1=CC=C(COc2cccc(O)c2)SS1. The molecule has 0 radical (unpaired) electrons. The smallest absolute Gasteiger partial charge is 0.192 e. The summed E-state index contributed by atoms with van der Waals surface area (Å²) in [5.74, 6) is 0.898. The van der Waals surface area contributed by atoms with Gasteiger partial charge in [0.2, 0.25) is 0 Å². The molecule has 0 atom stereocenters. The number of benzene rings is 1. The number of phenolic OH excluding ortho intramolecular Hbond substituents is 1. The topological polar surface area (TPSA) is 38.7 Å². The lowest BCUT2D eigenvalue weighted by Crippen LogP contribution is -2.41. The summed E-state index contributed by atoms with van der Waals surface area (Å²) >= 11 is 0. The van der Waals surface area contributed by atoms with Gasteiger partial charge >= 0.3 is 0 Å². The molecule has 1 aliphatic heterocycles. The Balaban J connectivity index is 1.85. The summed E-state index contributed by atoms with van der Waals surface area (Å²) in [4.78, 5) is 2.39. The Labute approximate surface area is 154 Å². The van der Waals surface area contributed by atoms with Crippen molar-refractivity contribution >= 4 is 29.9 Å². The number of hydrogen-bond acceptors (Lipinski definition) is 5. The summed E-state index contributed by atoms with van der Waals surface area (Å²) in [5, 5.41) is 9.67. The molecule has 1 aliphatic rings. The van der Waals surface area contributed by atoms with Crippen LogP contribution in [0.1, 0.15) is 20.8 Å². The van der Waals surface area contributed by atoms with Gasteiger partial charge in [0.1, 0.15) is 18.1 Å². The number of ether oxygens (including phenoxy) is 1. The molecule has 1 aromatic carbocycles. The number of hydrogen-bond donors (Lipinski definition) is 1. The van der Waals surface area contributed by atoms with E-state index in [1.807, 2.05) is 6.07 Å². The summed E-state index contributed by atoms with van der Waals surface area (Å²) in [5.41, 5.74) is 0. The minimum atomic E-state index is -1.70. The van der Waals surface area contributed by atoms with Gasteiger partial charge in [-0.2, -0.15) is 0 Å². The van der Waals surface area contributed by atoms with E-state index in [4.69, 9.17) is 9.16 Å². The molecule has 0 saturated heterocycles. The first-order valence-electron chi connectivity index (χ1n) is 7.97. The third-order valence-corrected chi connectivity index (χ3v) is 11.3.